The molecule has 8 nitrogen and oxygen atoms in total. The number of H-pyrrole nitrogens is 2. The second-order valence-electron chi connectivity index (χ2n) is 6.70. The second-order valence-corrected chi connectivity index (χ2v) is 6.70. The van der Waals surface area contributed by atoms with Crippen molar-refractivity contribution in [3.05, 3.63) is 58.4 Å². The number of aromatic amines is 2. The number of ether oxygens (including phenoxy) is 1. The monoisotopic (exact) mass is 392 g/mol. The maximum Gasteiger partial charge on any atom is 0.355 e. The predicted octanol–water partition coefficient (Wildman–Crippen LogP) is 3.75. The number of rotatable bonds is 5. The van der Waals surface area contributed by atoms with Crippen molar-refractivity contribution in [2.45, 2.75) is 33.8 Å². The first-order chi connectivity index (χ1) is 13.7. The smallest absolute Gasteiger partial charge is 0.355 e. The van der Waals surface area contributed by atoms with Crippen LogP contribution >= 0.6 is 0 Å². The van der Waals surface area contributed by atoms with Gasteiger partial charge in [-0.05, 0) is 45.4 Å². The molecule has 0 saturated carbocycles. The SMILES string of the molecule is CC(=O)c1c(C)[nH]c(C(=O)O[C@@H](C)/C(O)=C(\C#N)c2nc3ccccc3[nH]2)c1C. The summed E-state index contributed by atoms with van der Waals surface area (Å²) in [6.45, 7) is 6.20. The number of aliphatic hydroxyl groups is 1. The number of benzene rings is 1. The Kier molecular flexibility index (Phi) is 5.24. The first kappa shape index (κ1) is 19.9. The Labute approximate surface area is 166 Å². The van der Waals surface area contributed by atoms with Crippen LogP contribution in [-0.4, -0.2) is 37.9 Å². The number of Topliss-reactive ketones (excluding diaryl/α,β-unsaturated/α-hetero) is 1. The maximum atomic E-state index is 12.6. The van der Waals surface area contributed by atoms with E-state index in [1.807, 2.05) is 18.2 Å². The molecule has 3 rings (SSSR count). The molecule has 0 unspecified atom stereocenters. The van der Waals surface area contributed by atoms with E-state index in [4.69, 9.17) is 4.74 Å². The van der Waals surface area contributed by atoms with Gasteiger partial charge in [-0.15, -0.1) is 0 Å². The third-order valence-corrected chi connectivity index (χ3v) is 4.66. The van der Waals surface area contributed by atoms with Crippen molar-refractivity contribution in [2.75, 3.05) is 0 Å². The molecular weight excluding hydrogens is 372 g/mol. The van der Waals surface area contributed by atoms with Crippen LogP contribution in [0, 0.1) is 25.2 Å². The van der Waals surface area contributed by atoms with Gasteiger partial charge in [0, 0.05) is 11.3 Å². The van der Waals surface area contributed by atoms with E-state index in [1.165, 1.54) is 13.8 Å². The highest BCUT2D eigenvalue weighted by Crippen LogP contribution is 2.23. The topological polar surface area (TPSA) is 132 Å². The number of carbonyl (C=O) groups is 2. The number of nitriles is 1. The zero-order valence-corrected chi connectivity index (χ0v) is 16.5. The van der Waals surface area contributed by atoms with Gasteiger partial charge in [-0.2, -0.15) is 5.26 Å². The third kappa shape index (κ3) is 3.62. The average molecular weight is 392 g/mol. The van der Waals surface area contributed by atoms with E-state index in [1.54, 1.807) is 26.0 Å². The van der Waals surface area contributed by atoms with Gasteiger partial charge in [0.15, 0.2) is 23.5 Å². The van der Waals surface area contributed by atoms with Crippen molar-refractivity contribution < 1.29 is 19.4 Å². The Hall–Kier alpha value is -3.86. The second kappa shape index (κ2) is 7.64. The molecule has 0 fully saturated rings. The Morgan fingerprint density at radius 2 is 1.93 bits per heavy atom. The number of hydrogen-bond donors (Lipinski definition) is 3. The van der Waals surface area contributed by atoms with Crippen molar-refractivity contribution in [1.29, 1.82) is 5.26 Å². The van der Waals surface area contributed by atoms with Crippen molar-refractivity contribution in [3.63, 3.8) is 0 Å². The van der Waals surface area contributed by atoms with Crippen molar-refractivity contribution >= 4 is 28.4 Å². The van der Waals surface area contributed by atoms with Crippen molar-refractivity contribution in [3.8, 4) is 6.07 Å². The van der Waals surface area contributed by atoms with Crippen LogP contribution in [0.5, 0.6) is 0 Å². The highest BCUT2D eigenvalue weighted by molar-refractivity contribution is 6.01. The maximum absolute atomic E-state index is 12.6. The lowest BCUT2D eigenvalue weighted by atomic mass is 10.1. The van der Waals surface area contributed by atoms with E-state index in [0.717, 1.165) is 0 Å². The van der Waals surface area contributed by atoms with E-state index >= 15 is 0 Å². The fourth-order valence-corrected chi connectivity index (χ4v) is 3.26. The molecule has 2 aromatic heterocycles. The van der Waals surface area contributed by atoms with E-state index in [9.17, 15) is 20.0 Å². The number of fused-ring (bicyclic) bond motifs is 1. The lowest BCUT2D eigenvalue weighted by molar-refractivity contribution is 0.0327. The van der Waals surface area contributed by atoms with Crippen LogP contribution in [0.2, 0.25) is 0 Å². The van der Waals surface area contributed by atoms with E-state index < -0.39 is 17.8 Å². The van der Waals surface area contributed by atoms with Crippen LogP contribution in [0.25, 0.3) is 16.6 Å². The molecule has 0 aliphatic rings. The summed E-state index contributed by atoms with van der Waals surface area (Å²) < 4.78 is 5.32. The molecule has 2 heterocycles. The van der Waals surface area contributed by atoms with Crippen LogP contribution in [0.3, 0.4) is 0 Å². The van der Waals surface area contributed by atoms with Crippen LogP contribution in [0.4, 0.5) is 0 Å². The molecule has 3 aromatic rings. The van der Waals surface area contributed by atoms with Crippen molar-refractivity contribution in [2.24, 2.45) is 0 Å². The van der Waals surface area contributed by atoms with Gasteiger partial charge in [0.2, 0.25) is 0 Å². The third-order valence-electron chi connectivity index (χ3n) is 4.66. The molecule has 3 N–H and O–H groups in total. The highest BCUT2D eigenvalue weighted by Gasteiger charge is 2.25. The average Bonchev–Trinajstić information content (AvgIpc) is 3.22. The quantitative estimate of drug-likeness (QED) is 0.262. The molecule has 0 radical (unpaired) electrons. The Balaban J connectivity index is 1.89. The molecule has 0 aliphatic heterocycles. The van der Waals surface area contributed by atoms with Gasteiger partial charge >= 0.3 is 5.97 Å². The number of esters is 1. The normalized spacial score (nSPS) is 12.9. The van der Waals surface area contributed by atoms with E-state index in [-0.39, 0.29) is 22.9 Å². The fraction of sp³-hybridized carbons (Fsp3) is 0.238. The van der Waals surface area contributed by atoms with Gasteiger partial charge in [0.05, 0.1) is 11.0 Å². The predicted molar refractivity (Wildman–Crippen MR) is 106 cm³/mol. The van der Waals surface area contributed by atoms with Gasteiger partial charge in [0.25, 0.3) is 0 Å². The molecule has 1 atom stereocenters. The number of nitrogens with one attached hydrogen (secondary N) is 2. The fourth-order valence-electron chi connectivity index (χ4n) is 3.26. The van der Waals surface area contributed by atoms with E-state index in [2.05, 4.69) is 15.0 Å². The molecule has 0 aliphatic carbocycles. The van der Waals surface area contributed by atoms with E-state index in [0.29, 0.717) is 27.9 Å². The number of ketones is 1. The van der Waals surface area contributed by atoms with Crippen LogP contribution < -0.4 is 0 Å². The molecule has 0 amide bonds. The summed E-state index contributed by atoms with van der Waals surface area (Å²) in [4.78, 5) is 34.4. The summed E-state index contributed by atoms with van der Waals surface area (Å²) in [5, 5.41) is 20.0. The summed E-state index contributed by atoms with van der Waals surface area (Å²) in [5.41, 5.74) is 2.84. The summed E-state index contributed by atoms with van der Waals surface area (Å²) >= 11 is 0. The molecule has 148 valence electrons. The Morgan fingerprint density at radius 3 is 2.52 bits per heavy atom. The minimum Gasteiger partial charge on any atom is -0.507 e. The lowest BCUT2D eigenvalue weighted by Gasteiger charge is -2.13. The van der Waals surface area contributed by atoms with Gasteiger partial charge in [-0.3, -0.25) is 4.79 Å². The van der Waals surface area contributed by atoms with Gasteiger partial charge in [0.1, 0.15) is 17.3 Å². The number of carbonyl (C=O) groups excluding carboxylic acids is 2. The molecule has 8 heteroatoms. The first-order valence-electron chi connectivity index (χ1n) is 8.94. The summed E-state index contributed by atoms with van der Waals surface area (Å²) in [7, 11) is 0. The Morgan fingerprint density at radius 1 is 1.24 bits per heavy atom. The summed E-state index contributed by atoms with van der Waals surface area (Å²) in [5.74, 6) is -1.14. The minimum atomic E-state index is -1.10. The number of para-hydroxylation sites is 2. The standard InChI is InChI=1S/C21H20N4O4/c1-10-17(12(3)26)11(2)23-18(10)21(28)29-13(4)19(27)14(9-22)20-24-15-7-5-6-8-16(15)25-20/h5-8,13,23,27H,1-4H3,(H,24,25)/b19-14-/t13-/m0/s1. The number of hydrogen-bond acceptors (Lipinski definition) is 6. The zero-order chi connectivity index (χ0) is 21.3. The molecule has 0 spiro atoms. The summed E-state index contributed by atoms with van der Waals surface area (Å²) in [6, 6.07) is 9.10. The highest BCUT2D eigenvalue weighted by atomic mass is 16.6. The zero-order valence-electron chi connectivity index (χ0n) is 16.5. The molecule has 1 aromatic carbocycles. The summed E-state index contributed by atoms with van der Waals surface area (Å²) in [6.07, 6.45) is -1.10. The molecule has 0 saturated heterocycles. The Bertz CT molecular complexity index is 1160. The number of nitrogens with zero attached hydrogens (tertiary/aromatic N) is 2. The van der Waals surface area contributed by atoms with Gasteiger partial charge in [-0.25, -0.2) is 9.78 Å². The molecule has 0 bridgehead atoms. The minimum absolute atomic E-state index is 0.120. The number of allylic oxidation sites excluding steroid dienone is 1. The lowest BCUT2D eigenvalue weighted by Crippen LogP contribution is -2.19. The number of imidazole rings is 1. The largest absolute Gasteiger partial charge is 0.507 e. The number of aryl methyl sites for hydroxylation is 1. The number of aliphatic hydroxyl groups excluding tert-OH is 1. The van der Waals surface area contributed by atoms with Crippen LogP contribution in [-0.2, 0) is 4.74 Å². The first-order valence-corrected chi connectivity index (χ1v) is 8.94. The molecule has 29 heavy (non-hydrogen) atoms. The van der Waals surface area contributed by atoms with Crippen LogP contribution in [0.1, 0.15) is 51.8 Å². The molecular formula is C21H20N4O4. The van der Waals surface area contributed by atoms with Crippen LogP contribution in [0.15, 0.2) is 30.0 Å². The van der Waals surface area contributed by atoms with Crippen molar-refractivity contribution in [1.82, 2.24) is 15.0 Å². The van der Waals surface area contributed by atoms with Gasteiger partial charge in [-0.1, -0.05) is 12.1 Å². The van der Waals surface area contributed by atoms with Gasteiger partial charge < -0.3 is 19.8 Å². The number of aromatic nitrogens is 3.